The molecule has 0 aliphatic heterocycles. The van der Waals surface area contributed by atoms with Gasteiger partial charge in [-0.15, -0.1) is 0 Å². The number of anilines is 3. The molecule has 2 aromatic heterocycles. The first-order valence-electron chi connectivity index (χ1n) is 12.2. The molecule has 1 fully saturated rings. The SMILES string of the molecule is CC(C)(O)[C@H](F)CNC(=O)c1cnc(Nc2ccc3nccnc3c2)cc1NC1CCCCCC1. The molecule has 1 aromatic carbocycles. The molecule has 0 saturated heterocycles. The number of benzene rings is 1. The zero-order chi connectivity index (χ0) is 24.8. The minimum absolute atomic E-state index is 0.251. The van der Waals surface area contributed by atoms with E-state index in [2.05, 4.69) is 30.9 Å². The topological polar surface area (TPSA) is 112 Å². The van der Waals surface area contributed by atoms with E-state index in [9.17, 15) is 14.3 Å². The lowest BCUT2D eigenvalue weighted by atomic mass is 10.0. The van der Waals surface area contributed by atoms with Crippen LogP contribution in [-0.4, -0.2) is 50.3 Å². The van der Waals surface area contributed by atoms with E-state index < -0.39 is 17.7 Å². The fourth-order valence-corrected chi connectivity index (χ4v) is 4.18. The Balaban J connectivity index is 1.56. The van der Waals surface area contributed by atoms with Crippen LogP contribution in [0.5, 0.6) is 0 Å². The van der Waals surface area contributed by atoms with E-state index >= 15 is 0 Å². The number of nitrogens with one attached hydrogen (secondary N) is 3. The fraction of sp³-hybridized carbons (Fsp3) is 0.462. The highest BCUT2D eigenvalue weighted by molar-refractivity contribution is 6.00. The van der Waals surface area contributed by atoms with Crippen molar-refractivity contribution in [2.45, 2.75) is 70.2 Å². The van der Waals surface area contributed by atoms with E-state index in [1.165, 1.54) is 32.9 Å². The van der Waals surface area contributed by atoms with Crippen LogP contribution >= 0.6 is 0 Å². The first kappa shape index (κ1) is 24.8. The Kier molecular flexibility index (Phi) is 7.75. The number of hydrogen-bond acceptors (Lipinski definition) is 7. The summed E-state index contributed by atoms with van der Waals surface area (Å²) < 4.78 is 14.2. The van der Waals surface area contributed by atoms with Crippen molar-refractivity contribution in [3.8, 4) is 0 Å². The van der Waals surface area contributed by atoms with Gasteiger partial charge in [-0.3, -0.25) is 14.8 Å². The quantitative estimate of drug-likeness (QED) is 0.345. The predicted octanol–water partition coefficient (Wildman–Crippen LogP) is 4.74. The van der Waals surface area contributed by atoms with Crippen molar-refractivity contribution >= 4 is 34.1 Å². The highest BCUT2D eigenvalue weighted by Gasteiger charge is 2.27. The summed E-state index contributed by atoms with van der Waals surface area (Å²) in [7, 11) is 0. The molecule has 0 bridgehead atoms. The molecule has 2 heterocycles. The van der Waals surface area contributed by atoms with Crippen molar-refractivity contribution < 1.29 is 14.3 Å². The second kappa shape index (κ2) is 10.9. The van der Waals surface area contributed by atoms with Crippen LogP contribution in [0.4, 0.5) is 21.6 Å². The van der Waals surface area contributed by atoms with Crippen molar-refractivity contribution in [3.05, 3.63) is 48.4 Å². The Hall–Kier alpha value is -3.33. The predicted molar refractivity (Wildman–Crippen MR) is 136 cm³/mol. The molecule has 9 heteroatoms. The van der Waals surface area contributed by atoms with Gasteiger partial charge in [-0.1, -0.05) is 25.7 Å². The molecule has 1 amide bonds. The first-order valence-corrected chi connectivity index (χ1v) is 12.2. The Morgan fingerprint density at radius 3 is 2.51 bits per heavy atom. The normalized spacial score (nSPS) is 15.9. The number of halogens is 1. The molecule has 186 valence electrons. The highest BCUT2D eigenvalue weighted by atomic mass is 19.1. The molecule has 0 spiro atoms. The third-order valence-electron chi connectivity index (χ3n) is 6.31. The van der Waals surface area contributed by atoms with E-state index in [4.69, 9.17) is 0 Å². The number of amides is 1. The average Bonchev–Trinajstić information content (AvgIpc) is 3.10. The number of carbonyl (C=O) groups is 1. The van der Waals surface area contributed by atoms with Crippen LogP contribution in [0.2, 0.25) is 0 Å². The zero-order valence-electron chi connectivity index (χ0n) is 20.2. The molecule has 1 aliphatic carbocycles. The maximum absolute atomic E-state index is 14.2. The first-order chi connectivity index (χ1) is 16.8. The van der Waals surface area contributed by atoms with Gasteiger partial charge in [0.1, 0.15) is 12.0 Å². The number of alkyl halides is 1. The van der Waals surface area contributed by atoms with Gasteiger partial charge >= 0.3 is 0 Å². The third-order valence-corrected chi connectivity index (χ3v) is 6.31. The Bertz CT molecular complexity index is 1160. The average molecular weight is 481 g/mol. The summed E-state index contributed by atoms with van der Waals surface area (Å²) in [5.74, 6) is 0.133. The standard InChI is InChI=1S/C26H33FN6O2/c1-26(2,35)23(27)16-31-25(34)19-15-30-24(14-21(19)32-17-7-5-3-4-6-8-17)33-18-9-10-20-22(13-18)29-12-11-28-20/h9-15,17,23,35H,3-8,16H2,1-2H3,(H,31,34)(H2,30,32,33)/t23-/m1/s1. The lowest BCUT2D eigenvalue weighted by molar-refractivity contribution is -0.00177. The van der Waals surface area contributed by atoms with Crippen molar-refractivity contribution in [1.82, 2.24) is 20.3 Å². The van der Waals surface area contributed by atoms with Crippen molar-refractivity contribution in [1.29, 1.82) is 0 Å². The summed E-state index contributed by atoms with van der Waals surface area (Å²) in [6, 6.07) is 7.73. The second-order valence-corrected chi connectivity index (χ2v) is 9.66. The van der Waals surface area contributed by atoms with Crippen LogP contribution in [0.25, 0.3) is 11.0 Å². The summed E-state index contributed by atoms with van der Waals surface area (Å²) in [5, 5.41) is 19.3. The molecule has 3 aromatic rings. The van der Waals surface area contributed by atoms with E-state index in [1.807, 2.05) is 24.3 Å². The number of rotatable bonds is 8. The van der Waals surface area contributed by atoms with E-state index in [0.29, 0.717) is 17.1 Å². The zero-order valence-corrected chi connectivity index (χ0v) is 20.2. The summed E-state index contributed by atoms with van der Waals surface area (Å²) >= 11 is 0. The molecular weight excluding hydrogens is 447 g/mol. The van der Waals surface area contributed by atoms with Gasteiger partial charge in [-0.2, -0.15) is 0 Å². The molecule has 0 radical (unpaired) electrons. The van der Waals surface area contributed by atoms with E-state index in [0.717, 1.165) is 42.4 Å². The number of fused-ring (bicyclic) bond motifs is 1. The molecular formula is C26H33FN6O2. The molecule has 8 nitrogen and oxygen atoms in total. The second-order valence-electron chi connectivity index (χ2n) is 9.66. The molecule has 35 heavy (non-hydrogen) atoms. The highest BCUT2D eigenvalue weighted by Crippen LogP contribution is 2.27. The van der Waals surface area contributed by atoms with Gasteiger partial charge in [0.25, 0.3) is 5.91 Å². The summed E-state index contributed by atoms with van der Waals surface area (Å²) in [6.07, 6.45) is 9.98. The van der Waals surface area contributed by atoms with E-state index in [1.54, 1.807) is 12.4 Å². The summed E-state index contributed by atoms with van der Waals surface area (Å²) in [5.41, 5.74) is 1.81. The lowest BCUT2D eigenvalue weighted by Crippen LogP contribution is -2.42. The van der Waals surface area contributed by atoms with Crippen molar-refractivity contribution in [2.75, 3.05) is 17.2 Å². The third kappa shape index (κ3) is 6.63. The van der Waals surface area contributed by atoms with Gasteiger partial charge in [0, 0.05) is 36.4 Å². The van der Waals surface area contributed by atoms with Crippen LogP contribution in [0, 0.1) is 0 Å². The number of pyridine rings is 1. The van der Waals surface area contributed by atoms with Crippen LogP contribution in [-0.2, 0) is 0 Å². The van der Waals surface area contributed by atoms with Gasteiger partial charge in [-0.05, 0) is 44.9 Å². The molecule has 1 saturated carbocycles. The van der Waals surface area contributed by atoms with Crippen LogP contribution in [0.1, 0.15) is 62.7 Å². The Morgan fingerprint density at radius 2 is 1.80 bits per heavy atom. The number of carbonyl (C=O) groups excluding carboxylic acids is 1. The van der Waals surface area contributed by atoms with Crippen LogP contribution < -0.4 is 16.0 Å². The minimum atomic E-state index is -1.59. The van der Waals surface area contributed by atoms with Crippen LogP contribution in [0.3, 0.4) is 0 Å². The summed E-state index contributed by atoms with van der Waals surface area (Å²) in [4.78, 5) is 26.0. The van der Waals surface area contributed by atoms with Crippen LogP contribution in [0.15, 0.2) is 42.9 Å². The van der Waals surface area contributed by atoms with E-state index in [-0.39, 0.29) is 12.6 Å². The Labute approximate surface area is 204 Å². The number of aliphatic hydroxyl groups is 1. The van der Waals surface area contributed by atoms with Gasteiger partial charge in [0.15, 0.2) is 0 Å². The number of nitrogens with zero attached hydrogens (tertiary/aromatic N) is 3. The monoisotopic (exact) mass is 480 g/mol. The Morgan fingerprint density at radius 1 is 1.09 bits per heavy atom. The van der Waals surface area contributed by atoms with Gasteiger partial charge in [-0.25, -0.2) is 9.37 Å². The summed E-state index contributed by atoms with van der Waals surface area (Å²) in [6.45, 7) is 2.47. The molecule has 1 atom stereocenters. The lowest BCUT2D eigenvalue weighted by Gasteiger charge is -2.23. The minimum Gasteiger partial charge on any atom is -0.387 e. The smallest absolute Gasteiger partial charge is 0.255 e. The molecule has 4 rings (SSSR count). The largest absolute Gasteiger partial charge is 0.387 e. The van der Waals surface area contributed by atoms with Crippen molar-refractivity contribution in [2.24, 2.45) is 0 Å². The maximum atomic E-state index is 14.2. The number of aromatic nitrogens is 3. The fourth-order valence-electron chi connectivity index (χ4n) is 4.18. The number of hydrogen-bond donors (Lipinski definition) is 4. The van der Waals surface area contributed by atoms with Gasteiger partial charge in [0.2, 0.25) is 0 Å². The molecule has 4 N–H and O–H groups in total. The van der Waals surface area contributed by atoms with Gasteiger partial charge < -0.3 is 21.1 Å². The van der Waals surface area contributed by atoms with Gasteiger partial charge in [0.05, 0.1) is 34.4 Å². The molecule has 0 unspecified atom stereocenters. The van der Waals surface area contributed by atoms with Crippen molar-refractivity contribution in [3.63, 3.8) is 0 Å². The maximum Gasteiger partial charge on any atom is 0.255 e. The molecule has 1 aliphatic rings.